The second-order valence-electron chi connectivity index (χ2n) is 3.97. The van der Waals surface area contributed by atoms with E-state index in [0.717, 1.165) is 12.1 Å². The van der Waals surface area contributed by atoms with Crippen LogP contribution in [-0.4, -0.2) is 14.2 Å². The number of pyridine rings is 1. The van der Waals surface area contributed by atoms with Crippen molar-refractivity contribution < 1.29 is 51.4 Å². The van der Waals surface area contributed by atoms with E-state index in [2.05, 4.69) is 17.1 Å². The molecule has 0 unspecified atom stereocenters. The molecule has 19 heavy (non-hydrogen) atoms. The summed E-state index contributed by atoms with van der Waals surface area (Å²) in [5.41, 5.74) is 2.31. The second-order valence-corrected chi connectivity index (χ2v) is 5.00. The Morgan fingerprint density at radius 3 is 2.26 bits per heavy atom. The molecule has 0 spiro atoms. The third kappa shape index (κ3) is 5.95. The molecule has 1 heterocycles. The van der Waals surface area contributed by atoms with Crippen molar-refractivity contribution in [1.29, 1.82) is 0 Å². The summed E-state index contributed by atoms with van der Waals surface area (Å²) in [6.45, 7) is 1.43. The molecule has 0 saturated carbocycles. The van der Waals surface area contributed by atoms with Crippen molar-refractivity contribution in [3.63, 3.8) is 0 Å². The van der Waals surface area contributed by atoms with Crippen LogP contribution in [0.4, 0.5) is 0 Å². The molecule has 0 N–H and O–H groups in total. The van der Waals surface area contributed by atoms with Crippen molar-refractivity contribution in [2.24, 2.45) is 0 Å². The van der Waals surface area contributed by atoms with E-state index in [-0.39, 0.29) is 51.4 Å². The monoisotopic (exact) mass is 312 g/mol. The molecule has 2 nitrogen and oxygen atoms in total. The molecule has 2 rings (SSSR count). The van der Waals surface area contributed by atoms with Crippen molar-refractivity contribution in [1.82, 2.24) is 9.88 Å². The van der Waals surface area contributed by atoms with Gasteiger partial charge in [-0.15, -0.1) is 0 Å². The van der Waals surface area contributed by atoms with Crippen molar-refractivity contribution in [2.75, 3.05) is 0 Å². The summed E-state index contributed by atoms with van der Waals surface area (Å²) in [5.74, 6) is 0. The van der Waals surface area contributed by atoms with E-state index in [1.54, 1.807) is 6.20 Å². The van der Waals surface area contributed by atoms with Crippen molar-refractivity contribution >= 4 is 29.2 Å². The number of nitrogens with zero attached hydrogens (tertiary/aromatic N) is 2. The second kappa shape index (κ2) is 9.13. The molecule has 0 saturated heterocycles. The van der Waals surface area contributed by atoms with Crippen LogP contribution >= 0.6 is 12.2 Å². The van der Waals surface area contributed by atoms with Gasteiger partial charge in [0, 0.05) is 25.5 Å². The first kappa shape index (κ1) is 17.2. The molecule has 0 aliphatic carbocycles. The summed E-state index contributed by atoms with van der Waals surface area (Å²) >= 11 is 10.3. The summed E-state index contributed by atoms with van der Waals surface area (Å²) in [7, 11) is 0. The normalized spacial score (nSPS) is 9.47. The maximum Gasteiger partial charge on any atom is 1.00 e. The van der Waals surface area contributed by atoms with Crippen LogP contribution in [0.2, 0.25) is 0 Å². The third-order valence-corrected chi connectivity index (χ3v) is 3.09. The zero-order valence-corrected chi connectivity index (χ0v) is 15.6. The predicted molar refractivity (Wildman–Crippen MR) is 79.9 cm³/mol. The van der Waals surface area contributed by atoms with Crippen molar-refractivity contribution in [3.05, 3.63) is 66.0 Å². The SMILES string of the molecule is S=C([S-])N(Cc1ccccc1)Cc1cccnc1.[K+]. The number of aromatic nitrogens is 1. The Morgan fingerprint density at radius 2 is 1.68 bits per heavy atom. The van der Waals surface area contributed by atoms with Crippen LogP contribution in [0.25, 0.3) is 0 Å². The van der Waals surface area contributed by atoms with Crippen LogP contribution < -0.4 is 51.4 Å². The van der Waals surface area contributed by atoms with Gasteiger partial charge in [-0.05, 0) is 17.2 Å². The number of thiocarbonyl (C=S) groups is 1. The molecule has 0 radical (unpaired) electrons. The van der Waals surface area contributed by atoms with Gasteiger partial charge in [0.15, 0.2) is 0 Å². The number of benzene rings is 1. The van der Waals surface area contributed by atoms with Gasteiger partial charge in [-0.25, -0.2) is 0 Å². The average molecular weight is 313 g/mol. The minimum Gasteiger partial charge on any atom is -0.411 e. The Labute approximate surface area is 167 Å². The fraction of sp³-hybridized carbons (Fsp3) is 0.143. The molecular weight excluding hydrogens is 299 g/mol. The molecule has 1 aromatic carbocycles. The molecular formula is C14H13KN2S2. The molecule has 0 fully saturated rings. The van der Waals surface area contributed by atoms with E-state index in [0.29, 0.717) is 10.9 Å². The maximum absolute atomic E-state index is 5.14. The van der Waals surface area contributed by atoms with Gasteiger partial charge in [0.05, 0.1) is 0 Å². The summed E-state index contributed by atoms with van der Waals surface area (Å²) in [6.07, 6.45) is 3.60. The van der Waals surface area contributed by atoms with Crippen molar-refractivity contribution in [2.45, 2.75) is 13.1 Å². The standard InChI is InChI=1S/C14H14N2S2.K/c17-14(18)16(10-12-5-2-1-3-6-12)11-13-7-4-8-15-9-13;/h1-9H,10-11H2,(H,17,18);/q;+1/p-1. The van der Waals surface area contributed by atoms with Gasteiger partial charge in [-0.3, -0.25) is 4.98 Å². The van der Waals surface area contributed by atoms with Crippen LogP contribution in [0.15, 0.2) is 54.9 Å². The number of hydrogen-bond donors (Lipinski definition) is 0. The first-order valence-electron chi connectivity index (χ1n) is 5.64. The molecule has 0 bridgehead atoms. The Morgan fingerprint density at radius 1 is 1.05 bits per heavy atom. The van der Waals surface area contributed by atoms with E-state index < -0.39 is 0 Å². The van der Waals surface area contributed by atoms with E-state index in [9.17, 15) is 0 Å². The van der Waals surface area contributed by atoms with E-state index in [1.165, 1.54) is 5.56 Å². The summed E-state index contributed by atoms with van der Waals surface area (Å²) in [5, 5.41) is 0. The largest absolute Gasteiger partial charge is 1.00 e. The first-order chi connectivity index (χ1) is 8.75. The summed E-state index contributed by atoms with van der Waals surface area (Å²) in [4.78, 5) is 6.10. The predicted octanol–water partition coefficient (Wildman–Crippen LogP) is -0.0804. The van der Waals surface area contributed by atoms with E-state index >= 15 is 0 Å². The van der Waals surface area contributed by atoms with Gasteiger partial charge in [0.25, 0.3) is 0 Å². The smallest absolute Gasteiger partial charge is 0.411 e. The quantitative estimate of drug-likeness (QED) is 0.446. The van der Waals surface area contributed by atoms with Gasteiger partial charge in [-0.2, -0.15) is 0 Å². The van der Waals surface area contributed by atoms with Crippen LogP contribution in [0, 0.1) is 0 Å². The third-order valence-electron chi connectivity index (χ3n) is 2.57. The minimum absolute atomic E-state index is 0. The molecule has 0 aliphatic heterocycles. The maximum atomic E-state index is 5.14. The Bertz CT molecular complexity index is 464. The molecule has 92 valence electrons. The molecule has 5 heteroatoms. The van der Waals surface area contributed by atoms with E-state index in [1.807, 2.05) is 41.4 Å². The minimum atomic E-state index is 0. The molecule has 0 atom stereocenters. The zero-order chi connectivity index (χ0) is 12.8. The molecule has 0 amide bonds. The Hall–Kier alpha value is 0.116. The molecule has 2 aromatic rings. The fourth-order valence-corrected chi connectivity index (χ4v) is 1.96. The van der Waals surface area contributed by atoms with Crippen LogP contribution in [0.3, 0.4) is 0 Å². The Kier molecular flexibility index (Phi) is 8.25. The van der Waals surface area contributed by atoms with Gasteiger partial charge < -0.3 is 29.7 Å². The van der Waals surface area contributed by atoms with Crippen LogP contribution in [0.1, 0.15) is 11.1 Å². The van der Waals surface area contributed by atoms with E-state index in [4.69, 9.17) is 24.8 Å². The Balaban J connectivity index is 0.00000180. The van der Waals surface area contributed by atoms with Gasteiger partial charge in [0.2, 0.25) is 0 Å². The number of rotatable bonds is 4. The summed E-state index contributed by atoms with van der Waals surface area (Å²) < 4.78 is 0.489. The van der Waals surface area contributed by atoms with Gasteiger partial charge in [-0.1, -0.05) is 40.7 Å². The van der Waals surface area contributed by atoms with Crippen LogP contribution in [0.5, 0.6) is 0 Å². The number of hydrogen-bond acceptors (Lipinski definition) is 3. The zero-order valence-electron chi connectivity index (χ0n) is 10.8. The van der Waals surface area contributed by atoms with Crippen molar-refractivity contribution in [3.8, 4) is 0 Å². The first-order valence-corrected chi connectivity index (χ1v) is 6.46. The van der Waals surface area contributed by atoms with Gasteiger partial charge in [0.1, 0.15) is 0 Å². The average Bonchev–Trinajstić information content (AvgIpc) is 2.40. The van der Waals surface area contributed by atoms with Gasteiger partial charge >= 0.3 is 51.4 Å². The topological polar surface area (TPSA) is 16.1 Å². The van der Waals surface area contributed by atoms with Crippen LogP contribution in [-0.2, 0) is 25.7 Å². The fourth-order valence-electron chi connectivity index (χ4n) is 1.70. The molecule has 0 aliphatic rings. The molecule has 1 aromatic heterocycles. The summed E-state index contributed by atoms with van der Waals surface area (Å²) in [6, 6.07) is 14.1.